The van der Waals surface area contributed by atoms with Gasteiger partial charge in [0.15, 0.2) is 0 Å². The molecular weight excluding hydrogens is 867 g/mol. The van der Waals surface area contributed by atoms with Crippen LogP contribution in [0.15, 0.2) is 146 Å². The maximum absolute atomic E-state index is 10.2. The Kier molecular flexibility index (Phi) is 17.6. The summed E-state index contributed by atoms with van der Waals surface area (Å²) in [6.45, 7) is 0. The van der Waals surface area contributed by atoms with Crippen molar-refractivity contribution >= 4 is 70.2 Å². The summed E-state index contributed by atoms with van der Waals surface area (Å²) in [5.41, 5.74) is 9.06. The normalized spacial score (nSPS) is 10.2. The molecule has 0 unspecified atom stereocenters. The number of benzene rings is 4. The molecule has 13 heteroatoms. The van der Waals surface area contributed by atoms with Crippen molar-refractivity contribution in [2.24, 2.45) is 0 Å². The van der Waals surface area contributed by atoms with Gasteiger partial charge in [-0.2, -0.15) is 121 Å². The first-order chi connectivity index (χ1) is 29.0. The number of aromatic carboxylic acids is 4. The molecule has 0 radical (unpaired) electrons. The largest absolute Gasteiger partial charge is 0.479 e. The van der Waals surface area contributed by atoms with Crippen LogP contribution in [0.1, 0.15) is 64.2 Å². The summed E-state index contributed by atoms with van der Waals surface area (Å²) in [7, 11) is 0. The summed E-state index contributed by atoms with van der Waals surface area (Å²) in [6.07, 6.45) is 8.05. The second-order valence-electron chi connectivity index (χ2n) is 12.3. The van der Waals surface area contributed by atoms with Gasteiger partial charge in [0, 0.05) is 42.5 Å². The van der Waals surface area contributed by atoms with Crippen molar-refractivity contribution in [3.8, 4) is 0 Å². The van der Waals surface area contributed by atoms with Crippen LogP contribution in [0.2, 0.25) is 0 Å². The van der Waals surface area contributed by atoms with Crippen LogP contribution in [0.3, 0.4) is 0 Å². The van der Waals surface area contributed by atoms with Gasteiger partial charge < -0.3 is 30.4 Å². The van der Waals surface area contributed by atoms with Crippen molar-refractivity contribution < 1.29 is 60.0 Å². The minimum atomic E-state index is -0.899. The van der Waals surface area contributed by atoms with Gasteiger partial charge in [-0.25, -0.2) is 29.1 Å². The number of hydrogen-bond acceptors (Lipinski definition) is 6. The fraction of sp³-hybridized carbons (Fsp3) is 0. The number of carboxylic acids is 4. The number of nitrogens with zero attached hydrogens (tertiary/aromatic N) is 2. The van der Waals surface area contributed by atoms with Gasteiger partial charge >= 0.3 is 23.9 Å². The molecule has 8 bridgehead atoms. The number of nitrogens with one attached hydrogen (secondary N) is 2. The first-order valence-electron chi connectivity index (χ1n) is 17.8. The Bertz CT molecular complexity index is 2480. The van der Waals surface area contributed by atoms with E-state index in [2.05, 4.69) is 74.5 Å². The average Bonchev–Trinajstić information content (AvgIpc) is 4.11. The monoisotopic (exact) mass is 900 g/mol. The van der Waals surface area contributed by atoms with Crippen molar-refractivity contribution in [3.63, 3.8) is 0 Å². The molecule has 6 N–H and O–H groups in total. The van der Waals surface area contributed by atoms with Crippen molar-refractivity contribution in [2.45, 2.75) is 0 Å². The average molecular weight is 901 g/mol. The molecule has 0 saturated carbocycles. The van der Waals surface area contributed by atoms with Crippen molar-refractivity contribution in [2.75, 3.05) is 0 Å². The van der Waals surface area contributed by atoms with Crippen LogP contribution in [0, 0.1) is 24.3 Å². The molecule has 7 aromatic rings. The quantitative estimate of drug-likeness (QED) is 0.0729. The summed E-state index contributed by atoms with van der Waals surface area (Å²) < 4.78 is 0. The van der Waals surface area contributed by atoms with E-state index in [1.165, 1.54) is 48.5 Å². The molecular formula is C48H34N4O8Pd-4. The molecule has 9 rings (SSSR count). The maximum atomic E-state index is 10.2. The predicted octanol–water partition coefficient (Wildman–Crippen LogP) is 9.39. The van der Waals surface area contributed by atoms with Crippen LogP contribution in [0.25, 0.3) is 46.4 Å². The smallest absolute Gasteiger partial charge is 0.311 e. The van der Waals surface area contributed by atoms with Crippen molar-refractivity contribution in [1.29, 1.82) is 0 Å². The molecule has 3 aromatic heterocycles. The molecule has 0 saturated heterocycles. The van der Waals surface area contributed by atoms with E-state index in [0.717, 1.165) is 44.8 Å². The van der Waals surface area contributed by atoms with Crippen LogP contribution in [-0.4, -0.2) is 64.2 Å². The summed E-state index contributed by atoms with van der Waals surface area (Å²) in [5.74, 6) is -3.60. The van der Waals surface area contributed by atoms with E-state index < -0.39 is 23.9 Å². The van der Waals surface area contributed by atoms with E-state index in [-0.39, 0.29) is 20.4 Å². The number of aromatic nitrogens is 4. The molecule has 2 aliphatic heterocycles. The fourth-order valence-corrected chi connectivity index (χ4v) is 5.06. The number of H-pyrrole nitrogens is 2. The minimum Gasteiger partial charge on any atom is -0.479 e. The van der Waals surface area contributed by atoms with Gasteiger partial charge in [-0.3, -0.25) is 0 Å². The first-order valence-corrected chi connectivity index (χ1v) is 17.8. The number of carboxylic acid groups (broad SMARTS) is 4. The molecule has 0 fully saturated rings. The molecule has 0 spiro atoms. The van der Waals surface area contributed by atoms with E-state index in [4.69, 9.17) is 20.4 Å². The Morgan fingerprint density at radius 3 is 0.820 bits per heavy atom. The standard InChI is InChI=1S/C20H14N4.4C7H5O2.Pd/c1-2-14-10-16-5-6-18(23-16)12-20-8-7-19(24-20)11-17-4-3-15(22-17)9-13(1)21-14;4*8-7(9)6-4-2-1-3-5-6;/h1-12,21-22H;4*2-5H,(H,8,9);/q;4*-1;. The molecule has 61 heavy (non-hydrogen) atoms. The van der Waals surface area contributed by atoms with Gasteiger partial charge in [-0.1, -0.05) is 0 Å². The zero-order valence-corrected chi connectivity index (χ0v) is 33.4. The number of fused-ring (bicyclic) bond motifs is 8. The van der Waals surface area contributed by atoms with Crippen LogP contribution in [-0.2, 0) is 20.4 Å². The third kappa shape index (κ3) is 15.4. The van der Waals surface area contributed by atoms with E-state index >= 15 is 0 Å². The second kappa shape index (κ2) is 23.4. The first kappa shape index (κ1) is 45.7. The molecule has 4 aromatic carbocycles. The Balaban J connectivity index is 0.000000185. The number of aromatic amines is 2. The van der Waals surface area contributed by atoms with Gasteiger partial charge in [-0.05, 0) is 95.1 Å². The third-order valence-corrected chi connectivity index (χ3v) is 7.90. The number of carbonyl (C=O) groups is 4. The summed E-state index contributed by atoms with van der Waals surface area (Å²) in [5, 5.41) is 33.5. The van der Waals surface area contributed by atoms with E-state index in [1.807, 2.05) is 42.5 Å². The molecule has 0 amide bonds. The van der Waals surface area contributed by atoms with Gasteiger partial charge in [0.25, 0.3) is 0 Å². The summed E-state index contributed by atoms with van der Waals surface area (Å²) in [4.78, 5) is 56.8. The number of rotatable bonds is 4. The van der Waals surface area contributed by atoms with Gasteiger partial charge in [0.1, 0.15) is 0 Å². The zero-order valence-electron chi connectivity index (χ0n) is 31.8. The zero-order chi connectivity index (χ0) is 42.7. The Morgan fingerprint density at radius 1 is 0.361 bits per heavy atom. The topological polar surface area (TPSA) is 207 Å². The van der Waals surface area contributed by atoms with Crippen LogP contribution < -0.4 is 0 Å². The van der Waals surface area contributed by atoms with Crippen LogP contribution in [0.5, 0.6) is 0 Å². The maximum Gasteiger partial charge on any atom is 0.311 e. The summed E-state index contributed by atoms with van der Waals surface area (Å²) in [6, 6.07) is 51.9. The van der Waals surface area contributed by atoms with E-state index in [9.17, 15) is 19.2 Å². The molecule has 308 valence electrons. The molecule has 5 heterocycles. The number of hydrogen-bond donors (Lipinski definition) is 6. The SMILES string of the molecule is C1=Cc2cc3ccc(cc4ccc(cc5nc(cc1n2)C=C5)[nH]4)[nH]3.O=C(O)c1cc[c-]cc1.O=C(O)c1cc[c-]cc1.O=C(O)c1cc[c-]cc1.O=C(O)c1cc[c-]cc1.[Pd]. The molecule has 2 aliphatic rings. The molecule has 0 aliphatic carbocycles. The Morgan fingerprint density at radius 2 is 0.590 bits per heavy atom. The molecule has 0 atom stereocenters. The van der Waals surface area contributed by atoms with Gasteiger partial charge in [0.2, 0.25) is 0 Å². The van der Waals surface area contributed by atoms with E-state index in [0.29, 0.717) is 22.3 Å². The fourth-order valence-electron chi connectivity index (χ4n) is 5.06. The van der Waals surface area contributed by atoms with Gasteiger partial charge in [-0.15, -0.1) is 0 Å². The van der Waals surface area contributed by atoms with Crippen LogP contribution in [0.4, 0.5) is 0 Å². The Labute approximate surface area is 363 Å². The third-order valence-electron chi connectivity index (χ3n) is 7.90. The Hall–Kier alpha value is -7.98. The minimum absolute atomic E-state index is 0. The van der Waals surface area contributed by atoms with Crippen molar-refractivity contribution in [3.05, 3.63) is 215 Å². The van der Waals surface area contributed by atoms with Crippen LogP contribution >= 0.6 is 0 Å². The van der Waals surface area contributed by atoms with E-state index in [1.54, 1.807) is 48.5 Å². The van der Waals surface area contributed by atoms with Gasteiger partial charge in [0.05, 0.1) is 22.8 Å². The van der Waals surface area contributed by atoms with Crippen molar-refractivity contribution in [1.82, 2.24) is 19.9 Å². The predicted molar refractivity (Wildman–Crippen MR) is 228 cm³/mol. The second-order valence-corrected chi connectivity index (χ2v) is 12.3. The summed E-state index contributed by atoms with van der Waals surface area (Å²) >= 11 is 0. The molecule has 12 nitrogen and oxygen atoms in total.